The van der Waals surface area contributed by atoms with Crippen LogP contribution in [-0.2, 0) is 20.9 Å². The monoisotopic (exact) mass is 374 g/mol. The van der Waals surface area contributed by atoms with Gasteiger partial charge >= 0.3 is 11.9 Å². The molecule has 26 heavy (non-hydrogen) atoms. The number of carbonyl (C=O) groups excluding carboxylic acids is 2. The molecule has 0 aliphatic carbocycles. The zero-order valence-electron chi connectivity index (χ0n) is 14.4. The Bertz CT molecular complexity index is 854. The van der Waals surface area contributed by atoms with E-state index in [2.05, 4.69) is 0 Å². The number of anilines is 1. The maximum Gasteiger partial charge on any atom is 0.348 e. The van der Waals surface area contributed by atoms with Gasteiger partial charge in [0.15, 0.2) is 6.61 Å². The van der Waals surface area contributed by atoms with Crippen LogP contribution in [0.2, 0.25) is 0 Å². The molecule has 0 saturated carbocycles. The lowest BCUT2D eigenvalue weighted by Crippen LogP contribution is -2.16. The minimum Gasteiger partial charge on any atom is -0.482 e. The van der Waals surface area contributed by atoms with Crippen molar-refractivity contribution in [3.63, 3.8) is 0 Å². The van der Waals surface area contributed by atoms with Gasteiger partial charge in [-0.2, -0.15) is 5.26 Å². The minimum absolute atomic E-state index is 0.116. The first kappa shape index (κ1) is 19.3. The highest BCUT2D eigenvalue weighted by Gasteiger charge is 2.23. The first-order valence-electron chi connectivity index (χ1n) is 7.79. The van der Waals surface area contributed by atoms with Crippen molar-refractivity contribution in [3.8, 4) is 11.8 Å². The third-order valence-corrected chi connectivity index (χ3v) is 4.37. The van der Waals surface area contributed by atoms with Crippen molar-refractivity contribution in [1.29, 1.82) is 5.26 Å². The molecular formula is C18H18N2O5S. The highest BCUT2D eigenvalue weighted by Crippen LogP contribution is 2.31. The third-order valence-electron chi connectivity index (χ3n) is 3.33. The lowest BCUT2D eigenvalue weighted by Gasteiger charge is -2.08. The number of benzene rings is 1. The predicted octanol–water partition coefficient (Wildman–Crippen LogP) is 2.81. The molecule has 7 nitrogen and oxygen atoms in total. The first-order chi connectivity index (χ1) is 12.5. The summed E-state index contributed by atoms with van der Waals surface area (Å²) < 4.78 is 15.4. The number of hydrogen-bond donors (Lipinski definition) is 1. The molecule has 0 saturated heterocycles. The molecule has 0 fully saturated rings. The molecule has 0 aliphatic heterocycles. The first-order valence-corrected chi connectivity index (χ1v) is 8.61. The number of hydrogen-bond acceptors (Lipinski definition) is 8. The van der Waals surface area contributed by atoms with Gasteiger partial charge in [0.05, 0.1) is 12.2 Å². The molecule has 1 aromatic carbocycles. The molecule has 8 heteroatoms. The van der Waals surface area contributed by atoms with Gasteiger partial charge in [0.25, 0.3) is 0 Å². The number of thiophene rings is 1. The Kier molecular flexibility index (Phi) is 6.58. The molecular weight excluding hydrogens is 356 g/mol. The number of carbonyl (C=O) groups is 2. The molecule has 0 bridgehead atoms. The van der Waals surface area contributed by atoms with Gasteiger partial charge in [-0.15, -0.1) is 11.3 Å². The summed E-state index contributed by atoms with van der Waals surface area (Å²) in [6.45, 7) is 3.21. The summed E-state index contributed by atoms with van der Waals surface area (Å²) in [6.07, 6.45) is 0. The fourth-order valence-electron chi connectivity index (χ4n) is 2.15. The van der Waals surface area contributed by atoms with E-state index in [1.54, 1.807) is 19.1 Å². The second-order valence-electron chi connectivity index (χ2n) is 5.25. The van der Waals surface area contributed by atoms with E-state index in [1.807, 2.05) is 25.1 Å². The van der Waals surface area contributed by atoms with Crippen LogP contribution in [0.5, 0.6) is 5.75 Å². The molecule has 0 spiro atoms. The van der Waals surface area contributed by atoms with Crippen molar-refractivity contribution in [2.24, 2.45) is 0 Å². The van der Waals surface area contributed by atoms with E-state index >= 15 is 0 Å². The van der Waals surface area contributed by atoms with Gasteiger partial charge in [0.2, 0.25) is 0 Å². The van der Waals surface area contributed by atoms with E-state index in [-0.39, 0.29) is 40.8 Å². The second-order valence-corrected chi connectivity index (χ2v) is 6.30. The van der Waals surface area contributed by atoms with Gasteiger partial charge < -0.3 is 19.9 Å². The number of esters is 2. The van der Waals surface area contributed by atoms with E-state index in [4.69, 9.17) is 19.9 Å². The minimum atomic E-state index is -0.630. The number of nitrogens with zero attached hydrogens (tertiary/aromatic N) is 1. The van der Waals surface area contributed by atoms with Crippen LogP contribution in [-0.4, -0.2) is 25.2 Å². The van der Waals surface area contributed by atoms with Gasteiger partial charge in [0, 0.05) is 5.56 Å². The van der Waals surface area contributed by atoms with Crippen molar-refractivity contribution >= 4 is 28.3 Å². The van der Waals surface area contributed by atoms with Gasteiger partial charge in [-0.25, -0.2) is 9.59 Å². The number of nitrogens with two attached hydrogens (primary N) is 1. The Morgan fingerprint density at radius 3 is 2.73 bits per heavy atom. The van der Waals surface area contributed by atoms with Crippen LogP contribution in [0.25, 0.3) is 0 Å². The standard InChI is InChI=1S/C18H18N2O5S/c1-3-23-18(22)16-14(13(8-19)17(20)26-16)9-25-15(21)10-24-12-6-4-5-11(2)7-12/h4-7H,3,9-10,20H2,1-2H3. The van der Waals surface area contributed by atoms with Crippen LogP contribution >= 0.6 is 11.3 Å². The average Bonchev–Trinajstić information content (AvgIpc) is 2.94. The topological polar surface area (TPSA) is 112 Å². The molecule has 0 radical (unpaired) electrons. The molecule has 0 amide bonds. The number of aryl methyl sites for hydroxylation is 1. The van der Waals surface area contributed by atoms with Crippen LogP contribution in [0.4, 0.5) is 5.00 Å². The van der Waals surface area contributed by atoms with E-state index in [1.165, 1.54) is 0 Å². The van der Waals surface area contributed by atoms with Crippen molar-refractivity contribution in [2.75, 3.05) is 18.9 Å². The summed E-state index contributed by atoms with van der Waals surface area (Å²) in [7, 11) is 0. The molecule has 1 aromatic heterocycles. The number of rotatable bonds is 7. The molecule has 2 N–H and O–H groups in total. The van der Waals surface area contributed by atoms with Gasteiger partial charge in [-0.3, -0.25) is 0 Å². The lowest BCUT2D eigenvalue weighted by molar-refractivity contribution is -0.147. The van der Waals surface area contributed by atoms with E-state index in [9.17, 15) is 14.9 Å². The third kappa shape index (κ3) is 4.74. The predicted molar refractivity (Wildman–Crippen MR) is 95.9 cm³/mol. The average molecular weight is 374 g/mol. The Morgan fingerprint density at radius 2 is 2.08 bits per heavy atom. The van der Waals surface area contributed by atoms with Crippen LogP contribution < -0.4 is 10.5 Å². The van der Waals surface area contributed by atoms with Crippen LogP contribution in [0, 0.1) is 18.3 Å². The van der Waals surface area contributed by atoms with E-state index < -0.39 is 11.9 Å². The Labute approximate surface area is 154 Å². The Balaban J connectivity index is 2.02. The quantitative estimate of drug-likeness (QED) is 0.742. The zero-order valence-corrected chi connectivity index (χ0v) is 15.2. The van der Waals surface area contributed by atoms with Crippen LogP contribution in [0.15, 0.2) is 24.3 Å². The summed E-state index contributed by atoms with van der Waals surface area (Å²) in [5, 5.41) is 9.41. The van der Waals surface area contributed by atoms with Crippen molar-refractivity contribution in [2.45, 2.75) is 20.5 Å². The van der Waals surface area contributed by atoms with E-state index in [0.717, 1.165) is 16.9 Å². The van der Waals surface area contributed by atoms with E-state index in [0.29, 0.717) is 5.75 Å². The van der Waals surface area contributed by atoms with Crippen molar-refractivity contribution < 1.29 is 23.8 Å². The largest absolute Gasteiger partial charge is 0.482 e. The highest BCUT2D eigenvalue weighted by atomic mass is 32.1. The molecule has 0 aliphatic rings. The van der Waals surface area contributed by atoms with Gasteiger partial charge in [0.1, 0.15) is 28.3 Å². The number of ether oxygens (including phenoxy) is 3. The fraction of sp³-hybridized carbons (Fsp3) is 0.278. The maximum atomic E-state index is 12.0. The normalized spacial score (nSPS) is 10.0. The second kappa shape index (κ2) is 8.87. The Morgan fingerprint density at radius 1 is 1.31 bits per heavy atom. The van der Waals surface area contributed by atoms with Crippen LogP contribution in [0.1, 0.15) is 33.3 Å². The highest BCUT2D eigenvalue weighted by molar-refractivity contribution is 7.18. The molecule has 0 unspecified atom stereocenters. The summed E-state index contributed by atoms with van der Waals surface area (Å²) in [4.78, 5) is 24.1. The molecule has 0 atom stereocenters. The molecule has 2 rings (SSSR count). The fourth-order valence-corrected chi connectivity index (χ4v) is 3.07. The summed E-state index contributed by atoms with van der Waals surface area (Å²) in [6, 6.07) is 9.17. The summed E-state index contributed by atoms with van der Waals surface area (Å²) in [5.41, 5.74) is 7.13. The molecule has 1 heterocycles. The molecule has 136 valence electrons. The van der Waals surface area contributed by atoms with Gasteiger partial charge in [-0.05, 0) is 31.5 Å². The molecule has 2 aromatic rings. The SMILES string of the molecule is CCOC(=O)c1sc(N)c(C#N)c1COC(=O)COc1cccc(C)c1. The van der Waals surface area contributed by atoms with Crippen LogP contribution in [0.3, 0.4) is 0 Å². The van der Waals surface area contributed by atoms with Crippen molar-refractivity contribution in [3.05, 3.63) is 45.8 Å². The zero-order chi connectivity index (χ0) is 19.1. The summed E-state index contributed by atoms with van der Waals surface area (Å²) >= 11 is 0.935. The van der Waals surface area contributed by atoms with Crippen molar-refractivity contribution in [1.82, 2.24) is 0 Å². The van der Waals surface area contributed by atoms with Gasteiger partial charge in [-0.1, -0.05) is 12.1 Å². The smallest absolute Gasteiger partial charge is 0.348 e. The number of nitrogen functional groups attached to an aromatic ring is 1. The maximum absolute atomic E-state index is 12.0. The summed E-state index contributed by atoms with van der Waals surface area (Å²) in [5.74, 6) is -0.686. The lowest BCUT2D eigenvalue weighted by atomic mass is 10.1. The number of nitriles is 1. The Hall–Kier alpha value is -3.05.